The number of phenolic OH excluding ortho intramolecular Hbond substituents is 1. The van der Waals surface area contributed by atoms with Crippen molar-refractivity contribution >= 4 is 45.9 Å². The predicted octanol–water partition coefficient (Wildman–Crippen LogP) is 3.68. The number of aromatic hydroxyl groups is 1. The van der Waals surface area contributed by atoms with Crippen LogP contribution in [0.2, 0.25) is 9.49 Å². The van der Waals surface area contributed by atoms with Gasteiger partial charge < -0.3 is 10.4 Å². The van der Waals surface area contributed by atoms with E-state index in [2.05, 4.69) is 10.3 Å². The fraction of sp³-hybridized carbons (Fsp3) is 0.100. The molecule has 0 spiro atoms. The number of nitro benzene ring substituents is 1. The van der Waals surface area contributed by atoms with Gasteiger partial charge in [0.25, 0.3) is 5.69 Å². The molecule has 0 amide bonds. The number of nitrogens with one attached hydrogen (secondary N) is 1. The summed E-state index contributed by atoms with van der Waals surface area (Å²) in [4.78, 5) is 14.8. The van der Waals surface area contributed by atoms with Crippen molar-refractivity contribution < 1.29 is 10.0 Å². The lowest BCUT2D eigenvalue weighted by Crippen LogP contribution is -1.99. The van der Waals surface area contributed by atoms with Crippen LogP contribution in [0, 0.1) is 10.1 Å². The summed E-state index contributed by atoms with van der Waals surface area (Å²) in [7, 11) is 0. The van der Waals surface area contributed by atoms with Gasteiger partial charge in [0.05, 0.1) is 22.2 Å². The second-order valence-electron chi connectivity index (χ2n) is 3.51. The Balaban J connectivity index is 2.21. The third-order valence-corrected chi connectivity index (χ3v) is 3.64. The highest BCUT2D eigenvalue weighted by atomic mass is 35.5. The largest absolute Gasteiger partial charge is 0.504 e. The van der Waals surface area contributed by atoms with Gasteiger partial charge in [-0.2, -0.15) is 0 Å². The van der Waals surface area contributed by atoms with Crippen molar-refractivity contribution in [3.05, 3.63) is 42.8 Å². The van der Waals surface area contributed by atoms with E-state index in [4.69, 9.17) is 23.2 Å². The Kier molecular flexibility index (Phi) is 4.08. The Morgan fingerprint density at radius 1 is 1.47 bits per heavy atom. The molecule has 0 fully saturated rings. The van der Waals surface area contributed by atoms with Crippen LogP contribution in [-0.2, 0) is 6.54 Å². The van der Waals surface area contributed by atoms with Crippen molar-refractivity contribution in [2.24, 2.45) is 0 Å². The van der Waals surface area contributed by atoms with E-state index in [-0.39, 0.29) is 22.1 Å². The Labute approximate surface area is 121 Å². The molecule has 0 aliphatic rings. The number of anilines is 1. The summed E-state index contributed by atoms with van der Waals surface area (Å²) in [6.07, 6.45) is 1.58. The van der Waals surface area contributed by atoms with Crippen molar-refractivity contribution in [3.8, 4) is 5.75 Å². The van der Waals surface area contributed by atoms with Crippen LogP contribution in [-0.4, -0.2) is 15.0 Å². The number of nitro groups is 1. The number of halogens is 2. The summed E-state index contributed by atoms with van der Waals surface area (Å²) in [6, 6.07) is 2.30. The summed E-state index contributed by atoms with van der Waals surface area (Å²) < 4.78 is 0.401. The monoisotopic (exact) mass is 319 g/mol. The molecule has 0 radical (unpaired) electrons. The molecule has 2 N–H and O–H groups in total. The van der Waals surface area contributed by atoms with Gasteiger partial charge in [0.1, 0.15) is 0 Å². The molecule has 0 saturated carbocycles. The standard InChI is InChI=1S/C10H7Cl2N3O3S/c11-7-1-5(15(17)18)2-8(9(7)16)13-3-6-4-14-10(12)19-6/h1-2,4,13,16H,3H2. The molecule has 6 nitrogen and oxygen atoms in total. The Hall–Kier alpha value is -1.57. The molecule has 2 rings (SSSR count). The number of rotatable bonds is 4. The van der Waals surface area contributed by atoms with E-state index >= 15 is 0 Å². The minimum atomic E-state index is -0.583. The van der Waals surface area contributed by atoms with Gasteiger partial charge in [0, 0.05) is 23.2 Å². The van der Waals surface area contributed by atoms with Gasteiger partial charge in [-0.3, -0.25) is 10.1 Å². The van der Waals surface area contributed by atoms with Gasteiger partial charge in [0.2, 0.25) is 0 Å². The molecule has 0 bridgehead atoms. The van der Waals surface area contributed by atoms with Crippen molar-refractivity contribution in [1.29, 1.82) is 0 Å². The molecular formula is C10H7Cl2N3O3S. The minimum absolute atomic E-state index is 0.0842. The van der Waals surface area contributed by atoms with Crippen LogP contribution in [0.15, 0.2) is 18.3 Å². The van der Waals surface area contributed by atoms with Gasteiger partial charge in [-0.1, -0.05) is 23.2 Å². The maximum atomic E-state index is 10.7. The van der Waals surface area contributed by atoms with Gasteiger partial charge in [-0.25, -0.2) is 4.98 Å². The molecule has 0 aliphatic heterocycles. The third kappa shape index (κ3) is 3.25. The van der Waals surface area contributed by atoms with Crippen molar-refractivity contribution in [2.45, 2.75) is 6.54 Å². The van der Waals surface area contributed by atoms with Crippen LogP contribution in [0.1, 0.15) is 4.88 Å². The normalized spacial score (nSPS) is 10.4. The highest BCUT2D eigenvalue weighted by Gasteiger charge is 2.15. The number of thiazole rings is 1. The molecule has 0 saturated heterocycles. The van der Waals surface area contributed by atoms with E-state index in [9.17, 15) is 15.2 Å². The maximum Gasteiger partial charge on any atom is 0.273 e. The highest BCUT2D eigenvalue weighted by molar-refractivity contribution is 7.15. The zero-order valence-electron chi connectivity index (χ0n) is 9.26. The summed E-state index contributed by atoms with van der Waals surface area (Å²) in [5.74, 6) is -0.233. The molecular weight excluding hydrogens is 313 g/mol. The van der Waals surface area contributed by atoms with Gasteiger partial charge in [-0.15, -0.1) is 11.3 Å². The Bertz CT molecular complexity index is 632. The summed E-state index contributed by atoms with van der Waals surface area (Å²) in [5, 5.41) is 23.2. The number of phenols is 1. The smallest absolute Gasteiger partial charge is 0.273 e. The molecule has 9 heteroatoms. The zero-order chi connectivity index (χ0) is 14.0. The molecule has 1 aromatic heterocycles. The zero-order valence-corrected chi connectivity index (χ0v) is 11.6. The van der Waals surface area contributed by atoms with Crippen molar-refractivity contribution in [3.63, 3.8) is 0 Å². The van der Waals surface area contributed by atoms with E-state index in [0.29, 0.717) is 11.0 Å². The second-order valence-corrected chi connectivity index (χ2v) is 5.62. The topological polar surface area (TPSA) is 88.3 Å². The fourth-order valence-electron chi connectivity index (χ4n) is 1.37. The molecule has 19 heavy (non-hydrogen) atoms. The van der Waals surface area contributed by atoms with Gasteiger partial charge in [0.15, 0.2) is 10.2 Å². The molecule has 2 aromatic rings. The highest BCUT2D eigenvalue weighted by Crippen LogP contribution is 2.36. The third-order valence-electron chi connectivity index (χ3n) is 2.24. The summed E-state index contributed by atoms with van der Waals surface area (Å²) >= 11 is 12.7. The molecule has 1 heterocycles. The lowest BCUT2D eigenvalue weighted by Gasteiger charge is -2.08. The molecule has 0 unspecified atom stereocenters. The first-order chi connectivity index (χ1) is 8.97. The van der Waals surface area contributed by atoms with E-state index in [0.717, 1.165) is 10.9 Å². The number of benzene rings is 1. The predicted molar refractivity (Wildman–Crippen MR) is 74.2 cm³/mol. The van der Waals surface area contributed by atoms with Crippen molar-refractivity contribution in [1.82, 2.24) is 4.98 Å². The van der Waals surface area contributed by atoms with Crippen LogP contribution >= 0.6 is 34.5 Å². The molecule has 1 aromatic carbocycles. The number of nitrogens with zero attached hydrogens (tertiary/aromatic N) is 2. The number of non-ortho nitro benzene ring substituents is 1. The maximum absolute atomic E-state index is 10.7. The molecule has 0 atom stereocenters. The first-order valence-corrected chi connectivity index (χ1v) is 6.55. The van der Waals surface area contributed by atoms with E-state index in [1.54, 1.807) is 6.20 Å². The van der Waals surface area contributed by atoms with Crippen LogP contribution in [0.25, 0.3) is 0 Å². The second kappa shape index (κ2) is 5.60. The van der Waals surface area contributed by atoms with Crippen LogP contribution in [0.4, 0.5) is 11.4 Å². The first kappa shape index (κ1) is 13.9. The average molecular weight is 320 g/mol. The molecule has 0 aliphatic carbocycles. The number of hydrogen-bond acceptors (Lipinski definition) is 6. The lowest BCUT2D eigenvalue weighted by molar-refractivity contribution is -0.384. The van der Waals surface area contributed by atoms with E-state index in [1.165, 1.54) is 17.4 Å². The fourth-order valence-corrected chi connectivity index (χ4v) is 2.50. The average Bonchev–Trinajstić information content (AvgIpc) is 2.76. The van der Waals surface area contributed by atoms with Gasteiger partial charge in [-0.05, 0) is 0 Å². The summed E-state index contributed by atoms with van der Waals surface area (Å²) in [5.41, 5.74) is -0.0173. The lowest BCUT2D eigenvalue weighted by atomic mass is 10.2. The Morgan fingerprint density at radius 3 is 2.79 bits per heavy atom. The quantitative estimate of drug-likeness (QED) is 0.510. The van der Waals surface area contributed by atoms with E-state index in [1.807, 2.05) is 0 Å². The van der Waals surface area contributed by atoms with Crippen LogP contribution < -0.4 is 5.32 Å². The first-order valence-electron chi connectivity index (χ1n) is 4.98. The summed E-state index contributed by atoms with van der Waals surface area (Å²) in [6.45, 7) is 0.329. The Morgan fingerprint density at radius 2 is 2.21 bits per heavy atom. The SMILES string of the molecule is O=[N+]([O-])c1cc(Cl)c(O)c(NCc2cnc(Cl)s2)c1. The minimum Gasteiger partial charge on any atom is -0.504 e. The van der Waals surface area contributed by atoms with Crippen LogP contribution in [0.3, 0.4) is 0 Å². The number of aromatic nitrogens is 1. The number of hydrogen-bond donors (Lipinski definition) is 2. The van der Waals surface area contributed by atoms with Gasteiger partial charge >= 0.3 is 0 Å². The van der Waals surface area contributed by atoms with Crippen molar-refractivity contribution in [2.75, 3.05) is 5.32 Å². The van der Waals surface area contributed by atoms with E-state index < -0.39 is 4.92 Å². The molecule has 100 valence electrons. The van der Waals surface area contributed by atoms with Crippen LogP contribution in [0.5, 0.6) is 5.75 Å².